The van der Waals surface area contributed by atoms with E-state index < -0.39 is 36.0 Å². The Morgan fingerprint density at radius 1 is 1.19 bits per heavy atom. The molecule has 0 unspecified atom stereocenters. The molecule has 7 heteroatoms. The minimum atomic E-state index is -0.998. The Balaban J connectivity index is 2.16. The predicted octanol–water partition coefficient (Wildman–Crippen LogP) is 5.64. The fourth-order valence-electron chi connectivity index (χ4n) is 6.24. The van der Waals surface area contributed by atoms with Crippen LogP contribution in [0.25, 0.3) is 0 Å². The van der Waals surface area contributed by atoms with Crippen LogP contribution in [-0.2, 0) is 33.3 Å². The zero-order chi connectivity index (χ0) is 26.8. The van der Waals surface area contributed by atoms with E-state index in [0.717, 1.165) is 24.0 Å². The number of carbonyl (C=O) groups excluding carboxylic acids is 3. The van der Waals surface area contributed by atoms with Gasteiger partial charge in [-0.05, 0) is 62.4 Å². The second-order valence-corrected chi connectivity index (χ2v) is 11.1. The highest BCUT2D eigenvalue weighted by atomic mass is 16.8. The summed E-state index contributed by atoms with van der Waals surface area (Å²) in [7, 11) is 0. The monoisotopic (exact) mass is 502 g/mol. The van der Waals surface area contributed by atoms with Gasteiger partial charge in [0.05, 0.1) is 11.3 Å². The van der Waals surface area contributed by atoms with Crippen molar-refractivity contribution in [3.05, 3.63) is 36.0 Å². The van der Waals surface area contributed by atoms with E-state index in [2.05, 4.69) is 26.5 Å². The fourth-order valence-corrected chi connectivity index (χ4v) is 6.24. The van der Waals surface area contributed by atoms with Crippen LogP contribution in [0.2, 0.25) is 0 Å². The van der Waals surface area contributed by atoms with E-state index in [1.807, 2.05) is 32.9 Å². The molecular weight excluding hydrogens is 460 g/mol. The molecule has 1 heterocycles. The smallest absolute Gasteiger partial charge is 0.309 e. The second-order valence-electron chi connectivity index (χ2n) is 11.1. The van der Waals surface area contributed by atoms with Gasteiger partial charge in [0, 0.05) is 19.4 Å². The maximum absolute atomic E-state index is 12.8. The van der Waals surface area contributed by atoms with Crippen LogP contribution in [0.15, 0.2) is 36.0 Å². The number of carbonyl (C=O) groups is 3. The highest BCUT2D eigenvalue weighted by molar-refractivity contribution is 5.72. The normalized spacial score (nSPS) is 36.6. The second kappa shape index (κ2) is 10.9. The molecule has 0 amide bonds. The lowest BCUT2D eigenvalue weighted by Gasteiger charge is -2.58. The third kappa shape index (κ3) is 5.17. The van der Waals surface area contributed by atoms with E-state index in [4.69, 9.17) is 18.9 Å². The number of allylic oxidation sites excluding steroid dienone is 3. The molecule has 0 radical (unpaired) electrons. The number of ether oxygens (including phenoxy) is 4. The van der Waals surface area contributed by atoms with E-state index in [0.29, 0.717) is 25.2 Å². The first-order valence-corrected chi connectivity index (χ1v) is 13.1. The van der Waals surface area contributed by atoms with Crippen molar-refractivity contribution in [2.45, 2.75) is 99.3 Å². The molecule has 3 rings (SSSR count). The Morgan fingerprint density at radius 3 is 2.44 bits per heavy atom. The lowest BCUT2D eigenvalue weighted by Crippen LogP contribution is -2.57. The van der Waals surface area contributed by atoms with Crippen LogP contribution in [0.4, 0.5) is 0 Å². The summed E-state index contributed by atoms with van der Waals surface area (Å²) >= 11 is 0. The van der Waals surface area contributed by atoms with Crippen molar-refractivity contribution in [3.8, 4) is 0 Å². The van der Waals surface area contributed by atoms with Crippen LogP contribution in [0.3, 0.4) is 0 Å². The quantitative estimate of drug-likeness (QED) is 0.184. The molecule has 0 bridgehead atoms. The van der Waals surface area contributed by atoms with E-state index in [1.165, 1.54) is 13.8 Å². The van der Waals surface area contributed by atoms with Gasteiger partial charge in [0.15, 0.2) is 0 Å². The average Bonchev–Trinajstić information content (AvgIpc) is 3.10. The van der Waals surface area contributed by atoms with Gasteiger partial charge in [-0.15, -0.1) is 0 Å². The van der Waals surface area contributed by atoms with Crippen molar-refractivity contribution in [2.24, 2.45) is 28.6 Å². The third-order valence-corrected chi connectivity index (χ3v) is 8.84. The summed E-state index contributed by atoms with van der Waals surface area (Å²) in [5, 5.41) is 0. The Hall–Kier alpha value is -2.41. The largest absolute Gasteiger partial charge is 0.458 e. The van der Waals surface area contributed by atoms with Gasteiger partial charge in [-0.1, -0.05) is 52.0 Å². The zero-order valence-electron chi connectivity index (χ0n) is 22.8. The van der Waals surface area contributed by atoms with Gasteiger partial charge < -0.3 is 14.2 Å². The molecule has 200 valence electrons. The molecule has 1 saturated carbocycles. The van der Waals surface area contributed by atoms with Gasteiger partial charge >= 0.3 is 17.9 Å². The average molecular weight is 503 g/mol. The van der Waals surface area contributed by atoms with Crippen LogP contribution >= 0.6 is 0 Å². The van der Waals surface area contributed by atoms with E-state index in [-0.39, 0.29) is 23.2 Å². The van der Waals surface area contributed by atoms with Gasteiger partial charge in [-0.3, -0.25) is 19.1 Å². The summed E-state index contributed by atoms with van der Waals surface area (Å²) in [5.41, 5.74) is 0.925. The molecule has 1 saturated heterocycles. The van der Waals surface area contributed by atoms with Crippen molar-refractivity contribution in [3.63, 3.8) is 0 Å². The minimum absolute atomic E-state index is 0.0535. The van der Waals surface area contributed by atoms with Crippen molar-refractivity contribution >= 4 is 17.9 Å². The van der Waals surface area contributed by atoms with Gasteiger partial charge in [0.25, 0.3) is 0 Å². The number of hydrogen-bond donors (Lipinski definition) is 0. The lowest BCUT2D eigenvalue weighted by molar-refractivity contribution is -0.235. The zero-order valence-corrected chi connectivity index (χ0v) is 22.8. The number of rotatable bonds is 8. The van der Waals surface area contributed by atoms with Gasteiger partial charge in [-0.25, -0.2) is 0 Å². The fraction of sp³-hybridized carbons (Fsp3) is 0.690. The first kappa shape index (κ1) is 28.2. The highest BCUT2D eigenvalue weighted by Crippen LogP contribution is 2.67. The van der Waals surface area contributed by atoms with Gasteiger partial charge in [0.1, 0.15) is 6.10 Å². The Morgan fingerprint density at radius 2 is 1.86 bits per heavy atom. The molecule has 1 aliphatic heterocycles. The Kier molecular flexibility index (Phi) is 8.54. The highest BCUT2D eigenvalue weighted by Gasteiger charge is 2.67. The first-order chi connectivity index (χ1) is 16.9. The van der Waals surface area contributed by atoms with E-state index in [9.17, 15) is 14.4 Å². The molecule has 0 aromatic carbocycles. The molecule has 8 atom stereocenters. The predicted molar refractivity (Wildman–Crippen MR) is 135 cm³/mol. The molecule has 2 fully saturated rings. The lowest BCUT2D eigenvalue weighted by atomic mass is 9.46. The van der Waals surface area contributed by atoms with Gasteiger partial charge in [0.2, 0.25) is 12.6 Å². The molecule has 0 aromatic rings. The van der Waals surface area contributed by atoms with E-state index >= 15 is 0 Å². The minimum Gasteiger partial charge on any atom is -0.458 e. The van der Waals surface area contributed by atoms with Crippen molar-refractivity contribution < 1.29 is 33.3 Å². The van der Waals surface area contributed by atoms with Crippen LogP contribution in [-0.4, -0.2) is 36.6 Å². The molecule has 0 aromatic heterocycles. The van der Waals surface area contributed by atoms with Crippen LogP contribution in [0, 0.1) is 28.6 Å². The summed E-state index contributed by atoms with van der Waals surface area (Å²) in [4.78, 5) is 36.9. The molecule has 36 heavy (non-hydrogen) atoms. The van der Waals surface area contributed by atoms with Crippen LogP contribution in [0.1, 0.15) is 80.6 Å². The SMILES string of the molecule is C=C/C(C)=C/C[C@]1(C)[C@H]2C[C@@H](OC(=O)[C@@H](C)CC)C=C3[C@H](OC(C)=O)O[C@H](OC(C)=O)[C@@]32CC[C@@H]1C. The van der Waals surface area contributed by atoms with Crippen molar-refractivity contribution in [1.29, 1.82) is 0 Å². The summed E-state index contributed by atoms with van der Waals surface area (Å²) in [6.45, 7) is 16.9. The molecule has 2 aliphatic carbocycles. The molecular formula is C29H42O7. The Labute approximate surface area is 215 Å². The summed E-state index contributed by atoms with van der Waals surface area (Å²) in [5.74, 6) is -1.13. The number of hydrogen-bond acceptors (Lipinski definition) is 7. The first-order valence-electron chi connectivity index (χ1n) is 13.1. The topological polar surface area (TPSA) is 88.1 Å². The van der Waals surface area contributed by atoms with Crippen molar-refractivity contribution in [1.82, 2.24) is 0 Å². The number of esters is 3. The standard InChI is InChI=1S/C29H42O7/c1-9-17(3)11-13-28(8)19(5)12-14-29-23(26(33-20(6)30)36-27(29)34-21(7)31)15-22(16-24(28)29)35-25(32)18(4)10-2/h9,11,15,18-19,22,24,26-27H,1,10,12-14,16H2,2-8H3/b17-11+/t18-,19-,22-,24+,26+,27-,28-,29-/m0/s1. The Bertz CT molecular complexity index is 949. The third-order valence-electron chi connectivity index (χ3n) is 8.84. The summed E-state index contributed by atoms with van der Waals surface area (Å²) in [6.07, 6.45) is 7.17. The van der Waals surface area contributed by atoms with Crippen LogP contribution in [0.5, 0.6) is 0 Å². The molecule has 1 spiro atoms. The summed E-state index contributed by atoms with van der Waals surface area (Å²) in [6, 6.07) is 0. The maximum atomic E-state index is 12.8. The van der Waals surface area contributed by atoms with Gasteiger partial charge in [-0.2, -0.15) is 0 Å². The maximum Gasteiger partial charge on any atom is 0.309 e. The molecule has 0 N–H and O–H groups in total. The van der Waals surface area contributed by atoms with E-state index in [1.54, 1.807) is 0 Å². The summed E-state index contributed by atoms with van der Waals surface area (Å²) < 4.78 is 23.5. The molecule has 3 aliphatic rings. The molecule has 7 nitrogen and oxygen atoms in total. The van der Waals surface area contributed by atoms with Crippen LogP contribution < -0.4 is 0 Å². The van der Waals surface area contributed by atoms with Crippen molar-refractivity contribution in [2.75, 3.05) is 0 Å².